The Hall–Kier alpha value is -3.54. The molecule has 31 heavy (non-hydrogen) atoms. The molecule has 4 rings (SSSR count). The summed E-state index contributed by atoms with van der Waals surface area (Å²) < 4.78 is 15.3. The van der Waals surface area contributed by atoms with E-state index in [4.69, 9.17) is 9.47 Å². The zero-order valence-electron chi connectivity index (χ0n) is 18.3. The highest BCUT2D eigenvalue weighted by molar-refractivity contribution is 6.00. The molecule has 0 fully saturated rings. The zero-order valence-corrected chi connectivity index (χ0v) is 18.3. The number of hydrogen-bond donors (Lipinski definition) is 0. The topological polar surface area (TPSA) is 58.3 Å². The van der Waals surface area contributed by atoms with Gasteiger partial charge in [0.1, 0.15) is 18.0 Å². The summed E-state index contributed by atoms with van der Waals surface area (Å²) in [6.45, 7) is 8.89. The van der Waals surface area contributed by atoms with Crippen LogP contribution in [0.3, 0.4) is 0 Å². The Kier molecular flexibility index (Phi) is 5.55. The van der Waals surface area contributed by atoms with Crippen LogP contribution in [0.1, 0.15) is 33.3 Å². The molecule has 0 spiro atoms. The molecule has 0 unspecified atom stereocenters. The molecule has 0 N–H and O–H groups in total. The molecule has 0 atom stereocenters. The van der Waals surface area contributed by atoms with Gasteiger partial charge in [-0.2, -0.15) is 0 Å². The van der Waals surface area contributed by atoms with E-state index < -0.39 is 11.7 Å². The smallest absolute Gasteiger partial charge is 0.419 e. The predicted octanol–water partition coefficient (Wildman–Crippen LogP) is 5.89. The van der Waals surface area contributed by atoms with Crippen molar-refractivity contribution >= 4 is 17.0 Å². The lowest BCUT2D eigenvalue weighted by Gasteiger charge is -2.19. The van der Waals surface area contributed by atoms with E-state index >= 15 is 0 Å². The first kappa shape index (κ1) is 20.7. The Labute approximate surface area is 182 Å². The molecule has 0 amide bonds. The zero-order chi connectivity index (χ0) is 22.0. The largest absolute Gasteiger partial charge is 0.489 e. The van der Waals surface area contributed by atoms with E-state index in [1.807, 2.05) is 86.3 Å². The van der Waals surface area contributed by atoms with Crippen LogP contribution in [-0.2, 0) is 17.9 Å². The molecule has 2 heterocycles. The third-order valence-electron chi connectivity index (χ3n) is 4.94. The molecule has 0 aliphatic rings. The summed E-state index contributed by atoms with van der Waals surface area (Å²) in [7, 11) is 0. The molecule has 2 aromatic carbocycles. The number of carbonyl (C=O) groups is 1. The molecule has 0 radical (unpaired) electrons. The number of aryl methyl sites for hydroxylation is 1. The van der Waals surface area contributed by atoms with Gasteiger partial charge in [0, 0.05) is 23.7 Å². The highest BCUT2D eigenvalue weighted by Gasteiger charge is 2.22. The number of hydrogen-bond acceptors (Lipinski definition) is 4. The van der Waals surface area contributed by atoms with Gasteiger partial charge in [-0.3, -0.25) is 4.57 Å². The lowest BCUT2D eigenvalue weighted by molar-refractivity contribution is 0.0544. The standard InChI is InChI=1S/C25H27N3O3/c1-5-27-17-26-14-23(27)21-15-28(24(29)31-25(2,3)4)22-12-11-19(13-20(21)22)30-16-18-9-7-6-8-10-18/h6-15,17H,5,16H2,1-4H3. The molecule has 6 heteroatoms. The first-order valence-electron chi connectivity index (χ1n) is 10.4. The fourth-order valence-electron chi connectivity index (χ4n) is 3.50. The number of ether oxygens (including phenoxy) is 2. The molecule has 0 saturated heterocycles. The van der Waals surface area contributed by atoms with Crippen molar-refractivity contribution in [2.75, 3.05) is 0 Å². The van der Waals surface area contributed by atoms with E-state index in [9.17, 15) is 4.79 Å². The van der Waals surface area contributed by atoms with Gasteiger partial charge in [-0.1, -0.05) is 30.3 Å². The lowest BCUT2D eigenvalue weighted by Crippen LogP contribution is -2.26. The van der Waals surface area contributed by atoms with Gasteiger partial charge in [-0.15, -0.1) is 0 Å². The van der Waals surface area contributed by atoms with Gasteiger partial charge < -0.3 is 14.0 Å². The average molecular weight is 418 g/mol. The van der Waals surface area contributed by atoms with Crippen LogP contribution in [-0.4, -0.2) is 25.8 Å². The number of rotatable bonds is 5. The summed E-state index contributed by atoms with van der Waals surface area (Å²) in [4.78, 5) is 17.2. The van der Waals surface area contributed by atoms with Crippen molar-refractivity contribution in [3.63, 3.8) is 0 Å². The normalized spacial score (nSPS) is 11.6. The van der Waals surface area contributed by atoms with Crippen molar-refractivity contribution in [3.8, 4) is 17.0 Å². The van der Waals surface area contributed by atoms with Gasteiger partial charge >= 0.3 is 6.09 Å². The maximum Gasteiger partial charge on any atom is 0.419 e. The molecule has 0 saturated carbocycles. The van der Waals surface area contributed by atoms with Crippen LogP contribution in [0.4, 0.5) is 4.79 Å². The first-order chi connectivity index (χ1) is 14.9. The van der Waals surface area contributed by atoms with E-state index in [0.717, 1.165) is 40.0 Å². The van der Waals surface area contributed by atoms with E-state index in [1.165, 1.54) is 0 Å². The van der Waals surface area contributed by atoms with Gasteiger partial charge in [-0.05, 0) is 51.5 Å². The third-order valence-corrected chi connectivity index (χ3v) is 4.94. The van der Waals surface area contributed by atoms with E-state index in [-0.39, 0.29) is 0 Å². The highest BCUT2D eigenvalue weighted by atomic mass is 16.6. The van der Waals surface area contributed by atoms with Crippen LogP contribution in [0, 0.1) is 0 Å². The number of benzene rings is 2. The van der Waals surface area contributed by atoms with E-state index in [0.29, 0.717) is 6.61 Å². The Bertz CT molecular complexity index is 1200. The number of nitrogens with zero attached hydrogens (tertiary/aromatic N) is 3. The Morgan fingerprint density at radius 3 is 2.58 bits per heavy atom. The third kappa shape index (κ3) is 4.48. The highest BCUT2D eigenvalue weighted by Crippen LogP contribution is 2.34. The monoisotopic (exact) mass is 417 g/mol. The summed E-state index contributed by atoms with van der Waals surface area (Å²) in [6.07, 6.45) is 5.02. The van der Waals surface area contributed by atoms with Gasteiger partial charge in [0.2, 0.25) is 0 Å². The van der Waals surface area contributed by atoms with Crippen molar-refractivity contribution in [2.45, 2.75) is 46.4 Å². The second-order valence-corrected chi connectivity index (χ2v) is 8.41. The van der Waals surface area contributed by atoms with Crippen molar-refractivity contribution in [3.05, 3.63) is 72.8 Å². The number of fused-ring (bicyclic) bond motifs is 1. The Morgan fingerprint density at radius 1 is 1.10 bits per heavy atom. The van der Waals surface area contributed by atoms with Gasteiger partial charge in [0.25, 0.3) is 0 Å². The van der Waals surface area contributed by atoms with E-state index in [2.05, 4.69) is 11.9 Å². The second-order valence-electron chi connectivity index (χ2n) is 8.41. The molecule has 6 nitrogen and oxygen atoms in total. The van der Waals surface area contributed by atoms with Gasteiger partial charge in [0.15, 0.2) is 0 Å². The van der Waals surface area contributed by atoms with Gasteiger partial charge in [-0.25, -0.2) is 9.78 Å². The van der Waals surface area contributed by atoms with Crippen LogP contribution in [0.25, 0.3) is 22.2 Å². The van der Waals surface area contributed by atoms with Crippen LogP contribution < -0.4 is 4.74 Å². The maximum atomic E-state index is 12.9. The minimum absolute atomic E-state index is 0.413. The first-order valence-corrected chi connectivity index (χ1v) is 10.4. The van der Waals surface area contributed by atoms with Crippen LogP contribution in [0.15, 0.2) is 67.3 Å². The Balaban J connectivity index is 1.76. The summed E-state index contributed by atoms with van der Waals surface area (Å²) in [5, 5.41) is 0.909. The number of aromatic nitrogens is 3. The molecule has 0 bridgehead atoms. The summed E-state index contributed by atoms with van der Waals surface area (Å²) in [6, 6.07) is 15.8. The van der Waals surface area contributed by atoms with Crippen molar-refractivity contribution in [2.24, 2.45) is 0 Å². The minimum Gasteiger partial charge on any atom is -0.489 e. The fraction of sp³-hybridized carbons (Fsp3) is 0.280. The second kappa shape index (κ2) is 8.30. The Morgan fingerprint density at radius 2 is 1.87 bits per heavy atom. The summed E-state index contributed by atoms with van der Waals surface area (Å²) in [5.74, 6) is 0.738. The van der Waals surface area contributed by atoms with Crippen LogP contribution >= 0.6 is 0 Å². The predicted molar refractivity (Wildman–Crippen MR) is 121 cm³/mol. The molecular formula is C25H27N3O3. The van der Waals surface area contributed by atoms with Crippen LogP contribution in [0.5, 0.6) is 5.75 Å². The van der Waals surface area contributed by atoms with Crippen molar-refractivity contribution in [1.82, 2.24) is 14.1 Å². The average Bonchev–Trinajstić information content (AvgIpc) is 3.35. The molecule has 4 aromatic rings. The SMILES string of the molecule is CCn1cncc1-c1cn(C(=O)OC(C)(C)C)c2ccc(OCc3ccccc3)cc12. The molecule has 2 aromatic heterocycles. The summed E-state index contributed by atoms with van der Waals surface area (Å²) >= 11 is 0. The van der Waals surface area contributed by atoms with Crippen LogP contribution in [0.2, 0.25) is 0 Å². The maximum absolute atomic E-state index is 12.9. The lowest BCUT2D eigenvalue weighted by atomic mass is 10.1. The molecule has 160 valence electrons. The number of imidazole rings is 1. The summed E-state index contributed by atoms with van der Waals surface area (Å²) in [5.41, 5.74) is 3.12. The quantitative estimate of drug-likeness (QED) is 0.406. The molecule has 0 aliphatic heterocycles. The van der Waals surface area contributed by atoms with Gasteiger partial charge in [0.05, 0.1) is 23.7 Å². The van der Waals surface area contributed by atoms with Crippen molar-refractivity contribution in [1.29, 1.82) is 0 Å². The minimum atomic E-state index is -0.586. The molecule has 0 aliphatic carbocycles. The number of carbonyl (C=O) groups excluding carboxylic acids is 1. The van der Waals surface area contributed by atoms with E-state index in [1.54, 1.807) is 10.9 Å². The molecular weight excluding hydrogens is 390 g/mol. The fourth-order valence-corrected chi connectivity index (χ4v) is 3.50. The van der Waals surface area contributed by atoms with Crippen molar-refractivity contribution < 1.29 is 14.3 Å².